The summed E-state index contributed by atoms with van der Waals surface area (Å²) in [6, 6.07) is 0. The molecule has 0 saturated carbocycles. The standard InChI is InChI=1S/C10H16O9S/c1-5(11)16-4-7-8(19-20(3,14)15)9(10(13)18-7)17-6(2)12/h7-10,13H,4H2,1-3H3/t7-,8+,9-,10+/m1/s1. The van der Waals surface area contributed by atoms with E-state index in [0.717, 1.165) is 20.1 Å². The van der Waals surface area contributed by atoms with Crippen LogP contribution in [-0.2, 0) is 38.1 Å². The van der Waals surface area contributed by atoms with E-state index in [1.807, 2.05) is 0 Å². The van der Waals surface area contributed by atoms with Crippen LogP contribution in [0.5, 0.6) is 0 Å². The topological polar surface area (TPSA) is 125 Å². The number of rotatable bonds is 5. The predicted octanol–water partition coefficient (Wildman–Crippen LogP) is -1.46. The largest absolute Gasteiger partial charge is 0.463 e. The van der Waals surface area contributed by atoms with Gasteiger partial charge in [-0.2, -0.15) is 8.42 Å². The van der Waals surface area contributed by atoms with Crippen LogP contribution in [0.4, 0.5) is 0 Å². The highest BCUT2D eigenvalue weighted by molar-refractivity contribution is 7.86. The highest BCUT2D eigenvalue weighted by Gasteiger charge is 2.49. The van der Waals surface area contributed by atoms with Gasteiger partial charge >= 0.3 is 11.9 Å². The number of carbonyl (C=O) groups excluding carboxylic acids is 2. The van der Waals surface area contributed by atoms with Crippen molar-refractivity contribution in [3.63, 3.8) is 0 Å². The first kappa shape index (κ1) is 16.8. The third-order valence-corrected chi connectivity index (χ3v) is 2.90. The molecule has 10 heteroatoms. The van der Waals surface area contributed by atoms with E-state index in [-0.39, 0.29) is 6.61 Å². The van der Waals surface area contributed by atoms with Gasteiger partial charge in [0, 0.05) is 13.8 Å². The molecule has 0 aromatic heterocycles. The molecule has 1 rings (SSSR count). The van der Waals surface area contributed by atoms with E-state index < -0.39 is 46.7 Å². The summed E-state index contributed by atoms with van der Waals surface area (Å²) in [6.07, 6.45) is -4.49. The second-order valence-electron chi connectivity index (χ2n) is 4.21. The fourth-order valence-corrected chi connectivity index (χ4v) is 2.31. The van der Waals surface area contributed by atoms with Crippen LogP contribution in [-0.4, -0.2) is 62.9 Å². The molecule has 1 N–H and O–H groups in total. The summed E-state index contributed by atoms with van der Waals surface area (Å²) < 4.78 is 41.6. The van der Waals surface area contributed by atoms with Crippen molar-refractivity contribution in [3.8, 4) is 0 Å². The summed E-state index contributed by atoms with van der Waals surface area (Å²) in [4.78, 5) is 21.7. The zero-order valence-electron chi connectivity index (χ0n) is 11.1. The smallest absolute Gasteiger partial charge is 0.303 e. The lowest BCUT2D eigenvalue weighted by Crippen LogP contribution is -2.41. The van der Waals surface area contributed by atoms with E-state index in [9.17, 15) is 23.1 Å². The molecule has 0 aromatic rings. The van der Waals surface area contributed by atoms with Gasteiger partial charge in [-0.25, -0.2) is 0 Å². The van der Waals surface area contributed by atoms with E-state index in [1.165, 1.54) is 0 Å². The lowest BCUT2D eigenvalue weighted by atomic mass is 10.1. The molecule has 1 saturated heterocycles. The SMILES string of the molecule is CC(=O)OC[C@H]1O[C@H](O)[C@H](OC(C)=O)[C@H]1OS(C)(=O)=O. The van der Waals surface area contributed by atoms with Gasteiger partial charge in [0.2, 0.25) is 0 Å². The average molecular weight is 312 g/mol. The summed E-state index contributed by atoms with van der Waals surface area (Å²) in [7, 11) is -3.89. The van der Waals surface area contributed by atoms with Crippen LogP contribution in [0.1, 0.15) is 13.8 Å². The minimum absolute atomic E-state index is 0.343. The molecule has 9 nitrogen and oxygen atoms in total. The van der Waals surface area contributed by atoms with E-state index in [4.69, 9.17) is 13.7 Å². The monoisotopic (exact) mass is 312 g/mol. The minimum Gasteiger partial charge on any atom is -0.463 e. The van der Waals surface area contributed by atoms with Crippen molar-refractivity contribution in [2.24, 2.45) is 0 Å². The van der Waals surface area contributed by atoms with Gasteiger partial charge in [0.1, 0.15) is 18.8 Å². The van der Waals surface area contributed by atoms with Crippen LogP contribution in [0.15, 0.2) is 0 Å². The van der Waals surface area contributed by atoms with Crippen molar-refractivity contribution >= 4 is 22.1 Å². The molecular weight excluding hydrogens is 296 g/mol. The van der Waals surface area contributed by atoms with E-state index >= 15 is 0 Å². The van der Waals surface area contributed by atoms with E-state index in [0.29, 0.717) is 0 Å². The Hall–Kier alpha value is -1.23. The van der Waals surface area contributed by atoms with Gasteiger partial charge in [-0.15, -0.1) is 0 Å². The molecule has 116 valence electrons. The van der Waals surface area contributed by atoms with Gasteiger partial charge in [0.05, 0.1) is 6.26 Å². The zero-order chi connectivity index (χ0) is 15.5. The Kier molecular flexibility index (Phi) is 5.45. The summed E-state index contributed by atoms with van der Waals surface area (Å²) in [5.41, 5.74) is 0. The second kappa shape index (κ2) is 6.48. The molecule has 20 heavy (non-hydrogen) atoms. The fraction of sp³-hybridized carbons (Fsp3) is 0.800. The van der Waals surface area contributed by atoms with E-state index in [1.54, 1.807) is 0 Å². The second-order valence-corrected chi connectivity index (χ2v) is 5.81. The third-order valence-electron chi connectivity index (χ3n) is 2.32. The number of carbonyl (C=O) groups is 2. The Bertz CT molecular complexity index is 471. The van der Waals surface area contributed by atoms with Crippen molar-refractivity contribution in [1.29, 1.82) is 0 Å². The number of aliphatic hydroxyl groups excluding tert-OH is 1. The van der Waals surface area contributed by atoms with Crippen molar-refractivity contribution in [2.45, 2.75) is 38.4 Å². The van der Waals surface area contributed by atoms with Crippen LogP contribution in [0.3, 0.4) is 0 Å². The molecule has 0 spiro atoms. The summed E-state index contributed by atoms with van der Waals surface area (Å²) in [5, 5.41) is 9.63. The maximum atomic E-state index is 11.2. The average Bonchev–Trinajstić information content (AvgIpc) is 2.52. The Morgan fingerprint density at radius 2 is 1.80 bits per heavy atom. The van der Waals surface area contributed by atoms with Crippen LogP contribution in [0.25, 0.3) is 0 Å². The molecule has 1 aliphatic heterocycles. The van der Waals surface area contributed by atoms with Crippen LogP contribution >= 0.6 is 0 Å². The van der Waals surface area contributed by atoms with Crippen molar-refractivity contribution in [1.82, 2.24) is 0 Å². The molecule has 0 amide bonds. The highest BCUT2D eigenvalue weighted by atomic mass is 32.2. The predicted molar refractivity (Wildman–Crippen MR) is 62.8 cm³/mol. The molecule has 0 unspecified atom stereocenters. The molecule has 0 bridgehead atoms. The Labute approximate surface area is 115 Å². The first-order valence-corrected chi connectivity index (χ1v) is 7.44. The van der Waals surface area contributed by atoms with Crippen molar-refractivity contribution in [3.05, 3.63) is 0 Å². The van der Waals surface area contributed by atoms with Gasteiger partial charge in [-0.05, 0) is 0 Å². The molecule has 0 radical (unpaired) electrons. The highest BCUT2D eigenvalue weighted by Crippen LogP contribution is 2.27. The summed E-state index contributed by atoms with van der Waals surface area (Å²) >= 11 is 0. The summed E-state index contributed by atoms with van der Waals surface area (Å²) in [5.74, 6) is -1.36. The van der Waals surface area contributed by atoms with Gasteiger partial charge in [-0.3, -0.25) is 13.8 Å². The van der Waals surface area contributed by atoms with E-state index in [2.05, 4.69) is 4.74 Å². The van der Waals surface area contributed by atoms with Crippen molar-refractivity contribution in [2.75, 3.05) is 12.9 Å². The lowest BCUT2D eigenvalue weighted by molar-refractivity contribution is -0.171. The number of hydrogen-bond donors (Lipinski definition) is 1. The van der Waals surface area contributed by atoms with Gasteiger partial charge in [0.15, 0.2) is 12.4 Å². The number of esters is 2. The molecule has 1 fully saturated rings. The lowest BCUT2D eigenvalue weighted by Gasteiger charge is -2.21. The number of aliphatic hydroxyl groups is 1. The Morgan fingerprint density at radius 3 is 2.25 bits per heavy atom. The third kappa shape index (κ3) is 5.04. The normalized spacial score (nSPS) is 30.0. The molecule has 0 aromatic carbocycles. The van der Waals surface area contributed by atoms with Crippen LogP contribution in [0, 0.1) is 0 Å². The first-order chi connectivity index (χ1) is 9.10. The van der Waals surface area contributed by atoms with Gasteiger partial charge in [-0.1, -0.05) is 0 Å². The molecule has 1 heterocycles. The van der Waals surface area contributed by atoms with Gasteiger partial charge < -0.3 is 19.3 Å². The molecular formula is C10H16O9S. The maximum Gasteiger partial charge on any atom is 0.303 e. The maximum absolute atomic E-state index is 11.2. The minimum atomic E-state index is -3.89. The molecule has 4 atom stereocenters. The van der Waals surface area contributed by atoms with Crippen LogP contribution < -0.4 is 0 Å². The first-order valence-electron chi connectivity index (χ1n) is 5.62. The van der Waals surface area contributed by atoms with Crippen molar-refractivity contribution < 1.29 is 41.5 Å². The Balaban J connectivity index is 2.87. The fourth-order valence-electron chi connectivity index (χ4n) is 1.68. The molecule has 0 aliphatic carbocycles. The van der Waals surface area contributed by atoms with Crippen LogP contribution in [0.2, 0.25) is 0 Å². The summed E-state index contributed by atoms with van der Waals surface area (Å²) in [6.45, 7) is 1.90. The molecule has 1 aliphatic rings. The number of ether oxygens (including phenoxy) is 3. The van der Waals surface area contributed by atoms with Gasteiger partial charge in [0.25, 0.3) is 10.1 Å². The quantitative estimate of drug-likeness (QED) is 0.479. The zero-order valence-corrected chi connectivity index (χ0v) is 12.0. The number of hydrogen-bond acceptors (Lipinski definition) is 9. The Morgan fingerprint density at radius 1 is 1.20 bits per heavy atom.